The first-order valence-electron chi connectivity index (χ1n) is 4.41. The molecular formula is C10H13BrFNS. The molecule has 0 heterocycles. The number of nitrogens with one attached hydrogen (secondary N) is 1. The lowest BCUT2D eigenvalue weighted by atomic mass is 10.2. The van der Waals surface area contributed by atoms with E-state index < -0.39 is 0 Å². The summed E-state index contributed by atoms with van der Waals surface area (Å²) in [5.41, 5.74) is 0.728. The molecule has 1 N–H and O–H groups in total. The first-order chi connectivity index (χ1) is 6.59. The molecule has 0 amide bonds. The zero-order chi connectivity index (χ0) is 10.6. The summed E-state index contributed by atoms with van der Waals surface area (Å²) in [5.74, 6) is 0.495. The van der Waals surface area contributed by atoms with Crippen molar-refractivity contribution in [1.82, 2.24) is 4.72 Å². The Balaban J connectivity index is 2.51. The van der Waals surface area contributed by atoms with Gasteiger partial charge >= 0.3 is 0 Å². The van der Waals surface area contributed by atoms with Gasteiger partial charge in [-0.05, 0) is 31.5 Å². The topological polar surface area (TPSA) is 12.0 Å². The van der Waals surface area contributed by atoms with Gasteiger partial charge in [0, 0.05) is 16.3 Å². The highest BCUT2D eigenvalue weighted by Crippen LogP contribution is 2.18. The van der Waals surface area contributed by atoms with Crippen LogP contribution in [0.15, 0.2) is 22.7 Å². The van der Waals surface area contributed by atoms with Gasteiger partial charge in [0.15, 0.2) is 0 Å². The Kier molecular flexibility index (Phi) is 4.92. The quantitative estimate of drug-likeness (QED) is 0.842. The number of halogens is 2. The van der Waals surface area contributed by atoms with Crippen molar-refractivity contribution in [3.63, 3.8) is 0 Å². The molecule has 0 aliphatic heterocycles. The van der Waals surface area contributed by atoms with Crippen LogP contribution in [0.5, 0.6) is 0 Å². The molecule has 1 aromatic rings. The van der Waals surface area contributed by atoms with Gasteiger partial charge in [0.25, 0.3) is 0 Å². The Morgan fingerprint density at radius 1 is 1.50 bits per heavy atom. The molecule has 0 aromatic heterocycles. The van der Waals surface area contributed by atoms with Crippen molar-refractivity contribution in [3.8, 4) is 0 Å². The lowest BCUT2D eigenvalue weighted by molar-refractivity contribution is 0.616. The maximum Gasteiger partial charge on any atom is 0.128 e. The van der Waals surface area contributed by atoms with Crippen molar-refractivity contribution < 1.29 is 4.39 Å². The summed E-state index contributed by atoms with van der Waals surface area (Å²) < 4.78 is 17.3. The monoisotopic (exact) mass is 277 g/mol. The van der Waals surface area contributed by atoms with E-state index in [9.17, 15) is 4.39 Å². The molecule has 4 heteroatoms. The van der Waals surface area contributed by atoms with E-state index in [4.69, 9.17) is 0 Å². The van der Waals surface area contributed by atoms with Gasteiger partial charge < -0.3 is 0 Å². The smallest absolute Gasteiger partial charge is 0.128 e. The summed E-state index contributed by atoms with van der Waals surface area (Å²) in [7, 11) is 0. The average Bonchev–Trinajstić information content (AvgIpc) is 2.08. The van der Waals surface area contributed by atoms with Gasteiger partial charge in [-0.3, -0.25) is 4.72 Å². The predicted octanol–water partition coefficient (Wildman–Crippen LogP) is 3.73. The van der Waals surface area contributed by atoms with Gasteiger partial charge in [-0.25, -0.2) is 4.39 Å². The summed E-state index contributed by atoms with van der Waals surface area (Å²) in [5, 5.41) is 0. The Hall–Kier alpha value is -0.0600. The van der Waals surface area contributed by atoms with Crippen molar-refractivity contribution in [2.45, 2.75) is 25.6 Å². The number of rotatable bonds is 4. The van der Waals surface area contributed by atoms with Crippen LogP contribution in [0.3, 0.4) is 0 Å². The van der Waals surface area contributed by atoms with E-state index in [1.807, 2.05) is 6.07 Å². The van der Waals surface area contributed by atoms with Gasteiger partial charge in [-0.1, -0.05) is 33.9 Å². The molecule has 1 aromatic carbocycles. The predicted molar refractivity (Wildman–Crippen MR) is 63.7 cm³/mol. The normalized spacial score (nSPS) is 10.9. The number of hydrogen-bond donors (Lipinski definition) is 1. The average molecular weight is 278 g/mol. The highest BCUT2D eigenvalue weighted by Gasteiger charge is 2.02. The number of benzene rings is 1. The van der Waals surface area contributed by atoms with Crippen LogP contribution in [-0.4, -0.2) is 6.04 Å². The zero-order valence-corrected chi connectivity index (χ0v) is 10.6. The fourth-order valence-corrected chi connectivity index (χ4v) is 2.06. The van der Waals surface area contributed by atoms with E-state index in [1.54, 1.807) is 6.07 Å². The fourth-order valence-electron chi connectivity index (χ4n) is 0.925. The van der Waals surface area contributed by atoms with E-state index in [-0.39, 0.29) is 5.82 Å². The van der Waals surface area contributed by atoms with Crippen LogP contribution in [0, 0.1) is 5.82 Å². The molecule has 0 fully saturated rings. The second-order valence-corrected chi connectivity index (χ2v) is 5.03. The first-order valence-corrected chi connectivity index (χ1v) is 6.18. The molecule has 0 radical (unpaired) electrons. The molecule has 0 saturated carbocycles. The molecule has 0 bridgehead atoms. The van der Waals surface area contributed by atoms with Crippen molar-refractivity contribution in [2.24, 2.45) is 0 Å². The van der Waals surface area contributed by atoms with Crippen molar-refractivity contribution in [2.75, 3.05) is 0 Å². The standard InChI is InChI=1S/C10H13BrFNS/c1-7(2)13-14-6-8-3-4-9(11)5-10(8)12/h3-5,7,13H,6H2,1-2H3. The molecule has 0 aliphatic rings. The first kappa shape index (κ1) is 12.0. The third kappa shape index (κ3) is 3.98. The molecule has 0 spiro atoms. The Morgan fingerprint density at radius 2 is 2.21 bits per heavy atom. The SMILES string of the molecule is CC(C)NSCc1ccc(Br)cc1F. The Labute approximate surface area is 96.7 Å². The highest BCUT2D eigenvalue weighted by atomic mass is 79.9. The van der Waals surface area contributed by atoms with Crippen molar-refractivity contribution in [1.29, 1.82) is 0 Å². The van der Waals surface area contributed by atoms with Crippen LogP contribution in [0.25, 0.3) is 0 Å². The summed E-state index contributed by atoms with van der Waals surface area (Å²) in [6, 6.07) is 5.56. The van der Waals surface area contributed by atoms with Gasteiger partial charge in [-0.15, -0.1) is 0 Å². The van der Waals surface area contributed by atoms with Crippen LogP contribution in [0.4, 0.5) is 4.39 Å². The van der Waals surface area contributed by atoms with Crippen LogP contribution < -0.4 is 4.72 Å². The van der Waals surface area contributed by atoms with Crippen LogP contribution in [-0.2, 0) is 5.75 Å². The highest BCUT2D eigenvalue weighted by molar-refractivity contribution is 9.10. The molecule has 14 heavy (non-hydrogen) atoms. The third-order valence-corrected chi connectivity index (χ3v) is 3.15. The molecular weight excluding hydrogens is 265 g/mol. The Morgan fingerprint density at radius 3 is 2.79 bits per heavy atom. The largest absolute Gasteiger partial charge is 0.261 e. The number of hydrogen-bond acceptors (Lipinski definition) is 2. The molecule has 0 aliphatic carbocycles. The minimum Gasteiger partial charge on any atom is -0.261 e. The third-order valence-electron chi connectivity index (χ3n) is 1.56. The summed E-state index contributed by atoms with van der Waals surface area (Å²) in [4.78, 5) is 0. The molecule has 0 unspecified atom stereocenters. The van der Waals surface area contributed by atoms with Crippen molar-refractivity contribution in [3.05, 3.63) is 34.1 Å². The second-order valence-electron chi connectivity index (χ2n) is 3.30. The van der Waals surface area contributed by atoms with Gasteiger partial charge in [0.2, 0.25) is 0 Å². The maximum atomic E-state index is 13.3. The van der Waals surface area contributed by atoms with Gasteiger partial charge in [0.05, 0.1) is 0 Å². The van der Waals surface area contributed by atoms with E-state index in [1.165, 1.54) is 18.0 Å². The van der Waals surface area contributed by atoms with Gasteiger partial charge in [0.1, 0.15) is 5.82 Å². The lowest BCUT2D eigenvalue weighted by Crippen LogP contribution is -2.14. The summed E-state index contributed by atoms with van der Waals surface area (Å²) in [6.07, 6.45) is 0. The molecule has 1 nitrogen and oxygen atoms in total. The minimum atomic E-state index is -0.155. The molecule has 78 valence electrons. The van der Waals surface area contributed by atoms with Gasteiger partial charge in [-0.2, -0.15) is 0 Å². The summed E-state index contributed by atoms with van der Waals surface area (Å²) >= 11 is 4.75. The second kappa shape index (κ2) is 5.73. The maximum absolute atomic E-state index is 13.3. The van der Waals surface area contributed by atoms with E-state index in [0.717, 1.165) is 10.0 Å². The van der Waals surface area contributed by atoms with Crippen LogP contribution in [0.2, 0.25) is 0 Å². The minimum absolute atomic E-state index is 0.155. The van der Waals surface area contributed by atoms with E-state index in [2.05, 4.69) is 34.5 Å². The zero-order valence-electron chi connectivity index (χ0n) is 8.18. The molecule has 0 saturated heterocycles. The Bertz CT molecular complexity index is 304. The van der Waals surface area contributed by atoms with Crippen LogP contribution >= 0.6 is 27.9 Å². The van der Waals surface area contributed by atoms with E-state index in [0.29, 0.717) is 11.8 Å². The van der Waals surface area contributed by atoms with E-state index >= 15 is 0 Å². The lowest BCUT2D eigenvalue weighted by Gasteiger charge is -2.07. The van der Waals surface area contributed by atoms with Crippen molar-refractivity contribution >= 4 is 27.9 Å². The molecule has 0 atom stereocenters. The van der Waals surface area contributed by atoms with Crippen LogP contribution in [0.1, 0.15) is 19.4 Å². The fraction of sp³-hybridized carbons (Fsp3) is 0.400. The summed E-state index contributed by atoms with van der Waals surface area (Å²) in [6.45, 7) is 4.12. The molecule has 1 rings (SSSR count).